The third kappa shape index (κ3) is 2.85. The SMILES string of the molecule is CCCNC(c1ccsc1C)c1cccc2cccnc12. The minimum Gasteiger partial charge on any atom is -0.306 e. The lowest BCUT2D eigenvalue weighted by molar-refractivity contribution is 0.600. The van der Waals surface area contributed by atoms with Gasteiger partial charge in [0.1, 0.15) is 0 Å². The van der Waals surface area contributed by atoms with Crippen LogP contribution in [-0.4, -0.2) is 11.5 Å². The Labute approximate surface area is 129 Å². The van der Waals surface area contributed by atoms with Crippen LogP contribution in [0.25, 0.3) is 10.9 Å². The molecule has 0 bridgehead atoms. The molecule has 1 unspecified atom stereocenters. The van der Waals surface area contributed by atoms with E-state index in [1.54, 1.807) is 11.3 Å². The Balaban J connectivity index is 2.12. The monoisotopic (exact) mass is 296 g/mol. The minimum atomic E-state index is 0.217. The number of para-hydroxylation sites is 1. The average molecular weight is 296 g/mol. The Morgan fingerprint density at radius 1 is 1.14 bits per heavy atom. The first kappa shape index (κ1) is 14.2. The van der Waals surface area contributed by atoms with Gasteiger partial charge in [-0.05, 0) is 48.5 Å². The van der Waals surface area contributed by atoms with E-state index in [1.807, 2.05) is 12.3 Å². The molecule has 2 nitrogen and oxygen atoms in total. The highest BCUT2D eigenvalue weighted by atomic mass is 32.1. The lowest BCUT2D eigenvalue weighted by atomic mass is 9.96. The van der Waals surface area contributed by atoms with Gasteiger partial charge in [-0.2, -0.15) is 0 Å². The standard InChI is InChI=1S/C18H20N2S/c1-3-10-19-18(15-9-12-21-13(15)2)16-8-4-6-14-7-5-11-20-17(14)16/h4-9,11-12,18-19H,3,10H2,1-2H3. The summed E-state index contributed by atoms with van der Waals surface area (Å²) < 4.78 is 0. The molecule has 3 rings (SSSR count). The number of nitrogens with one attached hydrogen (secondary N) is 1. The van der Waals surface area contributed by atoms with Gasteiger partial charge in [0, 0.05) is 16.5 Å². The predicted molar refractivity (Wildman–Crippen MR) is 90.9 cm³/mol. The molecule has 1 aromatic carbocycles. The highest BCUT2D eigenvalue weighted by molar-refractivity contribution is 7.10. The number of hydrogen-bond acceptors (Lipinski definition) is 3. The fourth-order valence-corrected chi connectivity index (χ4v) is 3.47. The maximum Gasteiger partial charge on any atom is 0.0753 e. The Morgan fingerprint density at radius 3 is 2.76 bits per heavy atom. The molecule has 0 aliphatic carbocycles. The van der Waals surface area contributed by atoms with E-state index in [-0.39, 0.29) is 6.04 Å². The molecule has 0 spiro atoms. The largest absolute Gasteiger partial charge is 0.306 e. The van der Waals surface area contributed by atoms with Gasteiger partial charge >= 0.3 is 0 Å². The molecule has 21 heavy (non-hydrogen) atoms. The van der Waals surface area contributed by atoms with Crippen molar-refractivity contribution in [1.29, 1.82) is 0 Å². The van der Waals surface area contributed by atoms with Crippen LogP contribution in [-0.2, 0) is 0 Å². The molecule has 0 amide bonds. The lowest BCUT2D eigenvalue weighted by Crippen LogP contribution is -2.23. The van der Waals surface area contributed by atoms with E-state index < -0.39 is 0 Å². The molecule has 0 saturated carbocycles. The van der Waals surface area contributed by atoms with E-state index in [9.17, 15) is 0 Å². The fourth-order valence-electron chi connectivity index (χ4n) is 2.73. The number of fused-ring (bicyclic) bond motifs is 1. The van der Waals surface area contributed by atoms with E-state index >= 15 is 0 Å². The Morgan fingerprint density at radius 2 is 2.00 bits per heavy atom. The summed E-state index contributed by atoms with van der Waals surface area (Å²) in [6.45, 7) is 5.40. The first-order valence-electron chi connectivity index (χ1n) is 7.42. The number of aromatic nitrogens is 1. The summed E-state index contributed by atoms with van der Waals surface area (Å²) in [4.78, 5) is 5.98. The van der Waals surface area contributed by atoms with Crippen LogP contribution >= 0.6 is 11.3 Å². The Bertz CT molecular complexity index is 727. The molecule has 0 radical (unpaired) electrons. The molecule has 3 aromatic rings. The molecular weight excluding hydrogens is 276 g/mol. The van der Waals surface area contributed by atoms with Gasteiger partial charge in [-0.15, -0.1) is 11.3 Å². The van der Waals surface area contributed by atoms with Crippen LogP contribution < -0.4 is 5.32 Å². The van der Waals surface area contributed by atoms with E-state index in [0.717, 1.165) is 18.5 Å². The van der Waals surface area contributed by atoms with Crippen LogP contribution in [0.15, 0.2) is 48.0 Å². The van der Waals surface area contributed by atoms with Gasteiger partial charge in [0.15, 0.2) is 0 Å². The minimum absolute atomic E-state index is 0.217. The van der Waals surface area contributed by atoms with Crippen molar-refractivity contribution in [2.45, 2.75) is 26.3 Å². The second kappa shape index (κ2) is 6.37. The summed E-state index contributed by atoms with van der Waals surface area (Å²) in [7, 11) is 0. The van der Waals surface area contributed by atoms with E-state index in [0.29, 0.717) is 0 Å². The predicted octanol–water partition coefficient (Wildman–Crippen LogP) is 4.69. The van der Waals surface area contributed by atoms with Crippen molar-refractivity contribution in [3.63, 3.8) is 0 Å². The van der Waals surface area contributed by atoms with Crippen LogP contribution in [0.3, 0.4) is 0 Å². The number of benzene rings is 1. The second-order valence-corrected chi connectivity index (χ2v) is 6.36. The maximum atomic E-state index is 4.61. The van der Waals surface area contributed by atoms with E-state index in [2.05, 4.69) is 59.9 Å². The summed E-state index contributed by atoms with van der Waals surface area (Å²) in [6, 6.07) is 13.0. The van der Waals surface area contributed by atoms with Crippen molar-refractivity contribution in [1.82, 2.24) is 10.3 Å². The van der Waals surface area contributed by atoms with Crippen LogP contribution in [0.2, 0.25) is 0 Å². The molecule has 3 heteroatoms. The van der Waals surface area contributed by atoms with Crippen LogP contribution in [0, 0.1) is 6.92 Å². The molecule has 0 saturated heterocycles. The maximum absolute atomic E-state index is 4.61. The van der Waals surface area contributed by atoms with Crippen LogP contribution in [0.4, 0.5) is 0 Å². The lowest BCUT2D eigenvalue weighted by Gasteiger charge is -2.20. The number of hydrogen-bond donors (Lipinski definition) is 1. The zero-order chi connectivity index (χ0) is 14.7. The highest BCUT2D eigenvalue weighted by Crippen LogP contribution is 2.31. The zero-order valence-electron chi connectivity index (χ0n) is 12.5. The number of aryl methyl sites for hydroxylation is 1. The zero-order valence-corrected chi connectivity index (χ0v) is 13.3. The van der Waals surface area contributed by atoms with Crippen molar-refractivity contribution in [2.24, 2.45) is 0 Å². The van der Waals surface area contributed by atoms with E-state index in [1.165, 1.54) is 21.4 Å². The topological polar surface area (TPSA) is 24.9 Å². The summed E-state index contributed by atoms with van der Waals surface area (Å²) >= 11 is 1.81. The van der Waals surface area contributed by atoms with Gasteiger partial charge in [0.25, 0.3) is 0 Å². The number of thiophene rings is 1. The van der Waals surface area contributed by atoms with Crippen LogP contribution in [0.5, 0.6) is 0 Å². The molecule has 2 aromatic heterocycles. The van der Waals surface area contributed by atoms with Crippen molar-refractivity contribution in [3.05, 3.63) is 64.0 Å². The molecule has 2 heterocycles. The normalized spacial score (nSPS) is 12.7. The molecule has 0 aliphatic heterocycles. The Hall–Kier alpha value is -1.71. The second-order valence-electron chi connectivity index (χ2n) is 5.24. The quantitative estimate of drug-likeness (QED) is 0.738. The highest BCUT2D eigenvalue weighted by Gasteiger charge is 2.18. The molecular formula is C18H20N2S. The Kier molecular flexibility index (Phi) is 4.32. The third-order valence-electron chi connectivity index (χ3n) is 3.78. The fraction of sp³-hybridized carbons (Fsp3) is 0.278. The van der Waals surface area contributed by atoms with Crippen molar-refractivity contribution >= 4 is 22.2 Å². The summed E-state index contributed by atoms with van der Waals surface area (Å²) in [5, 5.41) is 7.06. The number of nitrogens with zero attached hydrogens (tertiary/aromatic N) is 1. The molecule has 1 N–H and O–H groups in total. The first-order valence-corrected chi connectivity index (χ1v) is 8.30. The van der Waals surface area contributed by atoms with Gasteiger partial charge in [-0.1, -0.05) is 31.2 Å². The average Bonchev–Trinajstić information content (AvgIpc) is 2.94. The molecule has 1 atom stereocenters. The van der Waals surface area contributed by atoms with Crippen molar-refractivity contribution in [2.75, 3.05) is 6.54 Å². The summed E-state index contributed by atoms with van der Waals surface area (Å²) in [5.41, 5.74) is 3.73. The van der Waals surface area contributed by atoms with Crippen molar-refractivity contribution < 1.29 is 0 Å². The summed E-state index contributed by atoms with van der Waals surface area (Å²) in [6.07, 6.45) is 3.00. The third-order valence-corrected chi connectivity index (χ3v) is 4.64. The number of pyridine rings is 1. The molecule has 0 fully saturated rings. The van der Waals surface area contributed by atoms with Crippen LogP contribution in [0.1, 0.15) is 35.4 Å². The van der Waals surface area contributed by atoms with Gasteiger partial charge in [-0.25, -0.2) is 0 Å². The first-order chi connectivity index (χ1) is 10.3. The summed E-state index contributed by atoms with van der Waals surface area (Å²) in [5.74, 6) is 0. The van der Waals surface area contributed by atoms with Gasteiger partial charge in [0.2, 0.25) is 0 Å². The van der Waals surface area contributed by atoms with E-state index in [4.69, 9.17) is 0 Å². The molecule has 108 valence electrons. The van der Waals surface area contributed by atoms with Gasteiger partial charge in [0.05, 0.1) is 11.6 Å². The van der Waals surface area contributed by atoms with Crippen molar-refractivity contribution in [3.8, 4) is 0 Å². The molecule has 0 aliphatic rings. The van der Waals surface area contributed by atoms with Gasteiger partial charge < -0.3 is 5.32 Å². The van der Waals surface area contributed by atoms with Gasteiger partial charge in [-0.3, -0.25) is 4.98 Å². The number of rotatable bonds is 5. The smallest absolute Gasteiger partial charge is 0.0753 e.